The lowest BCUT2D eigenvalue weighted by Gasteiger charge is -2.25. The van der Waals surface area contributed by atoms with Crippen LogP contribution in [-0.2, 0) is 18.4 Å². The highest BCUT2D eigenvalue weighted by molar-refractivity contribution is 5.81. The van der Waals surface area contributed by atoms with Gasteiger partial charge in [-0.2, -0.15) is 5.10 Å². The number of aryl methyl sites for hydroxylation is 1. The van der Waals surface area contributed by atoms with Crippen molar-refractivity contribution in [3.8, 4) is 22.6 Å². The number of aromatic nitrogens is 3. The van der Waals surface area contributed by atoms with Gasteiger partial charge in [-0.05, 0) is 23.8 Å². The molecule has 1 aromatic carbocycles. The quantitative estimate of drug-likeness (QED) is 0.778. The summed E-state index contributed by atoms with van der Waals surface area (Å²) in [4.78, 5) is 16.6. The molecule has 0 fully saturated rings. The van der Waals surface area contributed by atoms with Crippen LogP contribution in [0.25, 0.3) is 11.1 Å². The van der Waals surface area contributed by atoms with Crippen LogP contribution in [0.5, 0.6) is 11.5 Å². The second-order valence-electron chi connectivity index (χ2n) is 6.07. The first kappa shape index (κ1) is 16.1. The van der Waals surface area contributed by atoms with Gasteiger partial charge in [0.05, 0.1) is 6.20 Å². The molecule has 1 N–H and O–H groups in total. The van der Waals surface area contributed by atoms with Crippen LogP contribution in [0.1, 0.15) is 5.56 Å². The van der Waals surface area contributed by atoms with Gasteiger partial charge < -0.3 is 14.8 Å². The van der Waals surface area contributed by atoms with E-state index >= 15 is 0 Å². The highest BCUT2D eigenvalue weighted by atomic mass is 16.6. The Kier molecular flexibility index (Phi) is 4.27. The van der Waals surface area contributed by atoms with E-state index in [0.29, 0.717) is 18.0 Å². The van der Waals surface area contributed by atoms with E-state index in [1.165, 1.54) is 0 Å². The van der Waals surface area contributed by atoms with E-state index < -0.39 is 6.10 Å². The van der Waals surface area contributed by atoms with E-state index in [1.54, 1.807) is 29.3 Å². The topological polar surface area (TPSA) is 78.3 Å². The number of rotatable bonds is 4. The molecule has 0 unspecified atom stereocenters. The number of ether oxygens (including phenoxy) is 2. The van der Waals surface area contributed by atoms with Crippen LogP contribution in [0.3, 0.4) is 0 Å². The Labute approximate surface area is 150 Å². The van der Waals surface area contributed by atoms with Crippen molar-refractivity contribution in [1.29, 1.82) is 0 Å². The molecule has 4 rings (SSSR count). The van der Waals surface area contributed by atoms with Crippen LogP contribution in [-0.4, -0.2) is 33.4 Å². The smallest absolute Gasteiger partial charge is 0.264 e. The minimum atomic E-state index is -0.667. The summed E-state index contributed by atoms with van der Waals surface area (Å²) in [6.45, 7) is 0.554. The summed E-state index contributed by atoms with van der Waals surface area (Å²) in [6, 6.07) is 9.30. The zero-order valence-electron chi connectivity index (χ0n) is 14.3. The lowest BCUT2D eigenvalue weighted by molar-refractivity contribution is -0.130. The first-order valence-corrected chi connectivity index (χ1v) is 8.28. The van der Waals surface area contributed by atoms with E-state index in [-0.39, 0.29) is 12.5 Å². The largest absolute Gasteiger partial charge is 0.485 e. The number of para-hydroxylation sites is 2. The molecule has 26 heavy (non-hydrogen) atoms. The molecule has 0 spiro atoms. The van der Waals surface area contributed by atoms with Crippen molar-refractivity contribution in [2.45, 2.75) is 12.6 Å². The number of benzene rings is 1. The maximum absolute atomic E-state index is 12.4. The summed E-state index contributed by atoms with van der Waals surface area (Å²) in [6.07, 6.45) is 6.54. The molecule has 7 heteroatoms. The number of nitrogens with zero attached hydrogens (tertiary/aromatic N) is 3. The van der Waals surface area contributed by atoms with Gasteiger partial charge in [0.25, 0.3) is 5.91 Å². The molecule has 132 valence electrons. The summed E-state index contributed by atoms with van der Waals surface area (Å²) in [7, 11) is 1.87. The van der Waals surface area contributed by atoms with E-state index in [9.17, 15) is 4.79 Å². The second kappa shape index (κ2) is 6.87. The van der Waals surface area contributed by atoms with Crippen molar-refractivity contribution < 1.29 is 14.3 Å². The zero-order valence-corrected chi connectivity index (χ0v) is 14.3. The molecule has 3 heterocycles. The highest BCUT2D eigenvalue weighted by Gasteiger charge is 2.26. The monoisotopic (exact) mass is 350 g/mol. The molecule has 0 saturated carbocycles. The fourth-order valence-electron chi connectivity index (χ4n) is 2.76. The van der Waals surface area contributed by atoms with Gasteiger partial charge in [0.15, 0.2) is 11.5 Å². The summed E-state index contributed by atoms with van der Waals surface area (Å²) in [5.74, 6) is 1.02. The first-order valence-electron chi connectivity index (χ1n) is 8.28. The second-order valence-corrected chi connectivity index (χ2v) is 6.07. The number of pyridine rings is 1. The maximum atomic E-state index is 12.4. The van der Waals surface area contributed by atoms with Crippen LogP contribution >= 0.6 is 0 Å². The Bertz CT molecular complexity index is 938. The Morgan fingerprint density at radius 3 is 2.88 bits per heavy atom. The summed E-state index contributed by atoms with van der Waals surface area (Å²) >= 11 is 0. The van der Waals surface area contributed by atoms with Gasteiger partial charge in [-0.25, -0.2) is 0 Å². The number of hydrogen-bond donors (Lipinski definition) is 1. The predicted molar refractivity (Wildman–Crippen MR) is 94.6 cm³/mol. The first-order chi connectivity index (χ1) is 12.7. The molecule has 0 radical (unpaired) electrons. The van der Waals surface area contributed by atoms with Gasteiger partial charge in [-0.1, -0.05) is 12.1 Å². The molecule has 1 amide bonds. The fourth-order valence-corrected chi connectivity index (χ4v) is 2.76. The molecule has 1 aliphatic rings. The molecule has 1 aliphatic heterocycles. The molecular weight excluding hydrogens is 332 g/mol. The molecule has 3 aromatic rings. The van der Waals surface area contributed by atoms with Crippen LogP contribution in [0.2, 0.25) is 0 Å². The Balaban J connectivity index is 1.39. The number of fused-ring (bicyclic) bond motifs is 1. The third kappa shape index (κ3) is 3.37. The maximum Gasteiger partial charge on any atom is 0.264 e. The lowest BCUT2D eigenvalue weighted by atomic mass is 10.1. The molecular formula is C19H18N4O3. The number of hydrogen-bond acceptors (Lipinski definition) is 5. The van der Waals surface area contributed by atoms with Crippen LogP contribution in [0.15, 0.2) is 55.1 Å². The molecule has 1 atom stereocenters. The van der Waals surface area contributed by atoms with Crippen molar-refractivity contribution >= 4 is 5.91 Å². The average Bonchev–Trinajstić information content (AvgIpc) is 3.12. The van der Waals surface area contributed by atoms with E-state index in [2.05, 4.69) is 15.4 Å². The van der Waals surface area contributed by atoms with Gasteiger partial charge in [0.2, 0.25) is 6.10 Å². The minimum absolute atomic E-state index is 0.191. The Hall–Kier alpha value is -3.35. The molecule has 0 bridgehead atoms. The van der Waals surface area contributed by atoms with Gasteiger partial charge in [-0.15, -0.1) is 0 Å². The summed E-state index contributed by atoms with van der Waals surface area (Å²) in [5.41, 5.74) is 2.83. The minimum Gasteiger partial charge on any atom is -0.485 e. The van der Waals surface area contributed by atoms with Gasteiger partial charge in [0, 0.05) is 43.3 Å². The van der Waals surface area contributed by atoms with Crippen molar-refractivity contribution in [2.75, 3.05) is 6.61 Å². The number of carbonyl (C=O) groups is 1. The number of nitrogens with one attached hydrogen (secondary N) is 1. The van der Waals surface area contributed by atoms with Crippen molar-refractivity contribution in [1.82, 2.24) is 20.1 Å². The van der Waals surface area contributed by atoms with Crippen molar-refractivity contribution in [3.05, 3.63) is 60.7 Å². The zero-order chi connectivity index (χ0) is 17.9. The lowest BCUT2D eigenvalue weighted by Crippen LogP contribution is -2.43. The van der Waals surface area contributed by atoms with Crippen LogP contribution in [0.4, 0.5) is 0 Å². The standard InChI is InChI=1S/C19H18N4O3/c1-23-11-15(10-22-23)14-6-13(7-20-9-14)8-21-19(24)18-12-25-16-4-2-3-5-17(16)26-18/h2-7,9-11,18H,8,12H2,1H3,(H,21,24)/t18-/m1/s1. The fraction of sp³-hybridized carbons (Fsp3) is 0.211. The SMILES string of the molecule is Cn1cc(-c2cncc(CNC(=O)[C@H]3COc4ccccc4O3)c2)cn1. The summed E-state index contributed by atoms with van der Waals surface area (Å²) < 4.78 is 13.0. The number of carbonyl (C=O) groups excluding carboxylic acids is 1. The van der Waals surface area contributed by atoms with Crippen LogP contribution in [0, 0.1) is 0 Å². The third-order valence-corrected chi connectivity index (χ3v) is 4.10. The highest BCUT2D eigenvalue weighted by Crippen LogP contribution is 2.30. The molecule has 0 saturated heterocycles. The van der Waals surface area contributed by atoms with Gasteiger partial charge in [0.1, 0.15) is 6.61 Å². The van der Waals surface area contributed by atoms with Gasteiger partial charge in [-0.3, -0.25) is 14.5 Å². The molecule has 7 nitrogen and oxygen atoms in total. The summed E-state index contributed by atoms with van der Waals surface area (Å²) in [5, 5.41) is 7.04. The molecule has 0 aliphatic carbocycles. The molecule has 2 aromatic heterocycles. The van der Waals surface area contributed by atoms with E-state index in [4.69, 9.17) is 9.47 Å². The Morgan fingerprint density at radius 1 is 1.23 bits per heavy atom. The predicted octanol–water partition coefficient (Wildman–Crippen LogP) is 1.94. The number of amides is 1. The third-order valence-electron chi connectivity index (χ3n) is 4.10. The van der Waals surface area contributed by atoms with E-state index in [0.717, 1.165) is 16.7 Å². The normalized spacial score (nSPS) is 15.5. The van der Waals surface area contributed by atoms with Crippen LogP contribution < -0.4 is 14.8 Å². The average molecular weight is 350 g/mol. The van der Waals surface area contributed by atoms with Crippen molar-refractivity contribution in [3.63, 3.8) is 0 Å². The van der Waals surface area contributed by atoms with E-state index in [1.807, 2.05) is 37.5 Å². The van der Waals surface area contributed by atoms with Gasteiger partial charge >= 0.3 is 0 Å². The Morgan fingerprint density at radius 2 is 2.08 bits per heavy atom. The van der Waals surface area contributed by atoms with Crippen molar-refractivity contribution in [2.24, 2.45) is 7.05 Å².